The smallest absolute Gasteiger partial charge is 0.326 e. The van der Waals surface area contributed by atoms with E-state index in [1.54, 1.807) is 13.8 Å². The third kappa shape index (κ3) is 4.64. The van der Waals surface area contributed by atoms with Crippen molar-refractivity contribution in [3.63, 3.8) is 0 Å². The number of carboxylic acid groups (broad SMARTS) is 1. The molecule has 0 heterocycles. The summed E-state index contributed by atoms with van der Waals surface area (Å²) in [6, 6.07) is -0.823. The molecule has 0 aromatic rings. The van der Waals surface area contributed by atoms with Crippen molar-refractivity contribution in [3.05, 3.63) is 0 Å². The van der Waals surface area contributed by atoms with Gasteiger partial charge >= 0.3 is 5.97 Å². The van der Waals surface area contributed by atoms with Gasteiger partial charge in [0.25, 0.3) is 0 Å². The minimum Gasteiger partial charge on any atom is -0.480 e. The van der Waals surface area contributed by atoms with Gasteiger partial charge in [-0.2, -0.15) is 0 Å². The van der Waals surface area contributed by atoms with Crippen LogP contribution in [0.15, 0.2) is 0 Å². The lowest BCUT2D eigenvalue weighted by molar-refractivity contribution is -0.143. The number of hydrogen-bond acceptors (Lipinski definition) is 2. The molecule has 88 valence electrons. The van der Waals surface area contributed by atoms with E-state index in [9.17, 15) is 9.59 Å². The molecule has 0 rings (SSSR count). The second-order valence-electron chi connectivity index (χ2n) is 4.21. The number of amides is 1. The maximum absolute atomic E-state index is 11.6. The Hall–Kier alpha value is -0.580. The summed E-state index contributed by atoms with van der Waals surface area (Å²) >= 11 is 3.23. The van der Waals surface area contributed by atoms with Crippen molar-refractivity contribution < 1.29 is 14.7 Å². The normalized spacial score (nSPS) is 15.1. The summed E-state index contributed by atoms with van der Waals surface area (Å²) in [6.45, 7) is 7.31. The highest BCUT2D eigenvalue weighted by molar-refractivity contribution is 9.10. The van der Waals surface area contributed by atoms with Crippen molar-refractivity contribution in [1.29, 1.82) is 0 Å². The summed E-state index contributed by atoms with van der Waals surface area (Å²) in [4.78, 5) is 22.1. The van der Waals surface area contributed by atoms with Gasteiger partial charge in [0, 0.05) is 0 Å². The average Bonchev–Trinajstić information content (AvgIpc) is 2.11. The van der Waals surface area contributed by atoms with Gasteiger partial charge in [0.05, 0.1) is 4.83 Å². The fourth-order valence-electron chi connectivity index (χ4n) is 1.05. The standard InChI is InChI=1S/C10H18BrNO3/c1-5(2)7(11)9(13)12-8(6(3)4)10(14)15/h5-8H,1-4H3,(H,12,13)(H,14,15)/t7?,8-/m1/s1. The van der Waals surface area contributed by atoms with E-state index in [0.717, 1.165) is 0 Å². The molecule has 2 atom stereocenters. The Kier molecular flexibility index (Phi) is 5.87. The highest BCUT2D eigenvalue weighted by Crippen LogP contribution is 2.13. The van der Waals surface area contributed by atoms with Crippen LogP contribution in [0.3, 0.4) is 0 Å². The molecule has 0 bridgehead atoms. The molecule has 0 fully saturated rings. The second kappa shape index (κ2) is 6.10. The number of rotatable bonds is 5. The molecule has 5 heteroatoms. The summed E-state index contributed by atoms with van der Waals surface area (Å²) in [7, 11) is 0. The number of nitrogens with one attached hydrogen (secondary N) is 1. The van der Waals surface area contributed by atoms with E-state index in [1.165, 1.54) is 0 Å². The lowest BCUT2D eigenvalue weighted by atomic mass is 10.0. The van der Waals surface area contributed by atoms with Crippen molar-refractivity contribution in [3.8, 4) is 0 Å². The molecule has 2 N–H and O–H groups in total. The van der Waals surface area contributed by atoms with E-state index in [1.807, 2.05) is 13.8 Å². The first kappa shape index (κ1) is 14.4. The van der Waals surface area contributed by atoms with Crippen molar-refractivity contribution in [2.24, 2.45) is 11.8 Å². The van der Waals surface area contributed by atoms with Gasteiger partial charge in [-0.3, -0.25) is 4.79 Å². The fraction of sp³-hybridized carbons (Fsp3) is 0.800. The first-order valence-electron chi connectivity index (χ1n) is 4.94. The lowest BCUT2D eigenvalue weighted by Gasteiger charge is -2.21. The zero-order valence-corrected chi connectivity index (χ0v) is 11.0. The second-order valence-corrected chi connectivity index (χ2v) is 5.20. The first-order valence-corrected chi connectivity index (χ1v) is 5.86. The summed E-state index contributed by atoms with van der Waals surface area (Å²) in [5, 5.41) is 11.4. The number of hydrogen-bond donors (Lipinski definition) is 2. The first-order chi connectivity index (χ1) is 6.77. The fourth-order valence-corrected chi connectivity index (χ4v) is 1.18. The topological polar surface area (TPSA) is 66.4 Å². The molecule has 0 spiro atoms. The van der Waals surface area contributed by atoms with Crippen molar-refractivity contribution >= 4 is 27.8 Å². The van der Waals surface area contributed by atoms with E-state index in [-0.39, 0.29) is 22.6 Å². The molecule has 0 aliphatic heterocycles. The molecule has 0 saturated heterocycles. The zero-order valence-electron chi connectivity index (χ0n) is 9.45. The Balaban J connectivity index is 4.43. The highest BCUT2D eigenvalue weighted by atomic mass is 79.9. The maximum atomic E-state index is 11.6. The van der Waals surface area contributed by atoms with E-state index in [4.69, 9.17) is 5.11 Å². The molecule has 0 aromatic carbocycles. The van der Waals surface area contributed by atoms with Gasteiger partial charge in [-0.15, -0.1) is 0 Å². The average molecular weight is 280 g/mol. The van der Waals surface area contributed by atoms with Gasteiger partial charge in [-0.25, -0.2) is 4.79 Å². The van der Waals surface area contributed by atoms with E-state index >= 15 is 0 Å². The third-order valence-corrected chi connectivity index (χ3v) is 3.54. The van der Waals surface area contributed by atoms with Gasteiger partial charge in [0.2, 0.25) is 5.91 Å². The van der Waals surface area contributed by atoms with E-state index in [2.05, 4.69) is 21.2 Å². The van der Waals surface area contributed by atoms with Crippen molar-refractivity contribution in [2.45, 2.75) is 38.6 Å². The molecule has 1 unspecified atom stereocenters. The van der Waals surface area contributed by atoms with Crippen LogP contribution in [-0.2, 0) is 9.59 Å². The van der Waals surface area contributed by atoms with Crippen LogP contribution < -0.4 is 5.32 Å². The largest absolute Gasteiger partial charge is 0.480 e. The molecule has 15 heavy (non-hydrogen) atoms. The molecule has 0 radical (unpaired) electrons. The Morgan fingerprint density at radius 1 is 1.13 bits per heavy atom. The number of alkyl halides is 1. The number of carboxylic acids is 1. The van der Waals surface area contributed by atoms with Crippen LogP contribution in [0.5, 0.6) is 0 Å². The Morgan fingerprint density at radius 2 is 1.60 bits per heavy atom. The van der Waals surface area contributed by atoms with Crippen LogP contribution in [0.4, 0.5) is 0 Å². The summed E-state index contributed by atoms with van der Waals surface area (Å²) in [5.41, 5.74) is 0. The summed E-state index contributed by atoms with van der Waals surface area (Å²) in [5.74, 6) is -1.27. The van der Waals surface area contributed by atoms with Crippen molar-refractivity contribution in [1.82, 2.24) is 5.32 Å². The molecular formula is C10H18BrNO3. The number of carbonyl (C=O) groups excluding carboxylic acids is 1. The van der Waals surface area contributed by atoms with Crippen molar-refractivity contribution in [2.75, 3.05) is 0 Å². The summed E-state index contributed by atoms with van der Waals surface area (Å²) in [6.07, 6.45) is 0. The Morgan fingerprint density at radius 3 is 1.87 bits per heavy atom. The predicted molar refractivity (Wildman–Crippen MR) is 62.0 cm³/mol. The number of aliphatic carboxylic acids is 1. The predicted octanol–water partition coefficient (Wildman–Crippen LogP) is 1.63. The zero-order chi connectivity index (χ0) is 12.2. The molecule has 0 saturated carbocycles. The van der Waals surface area contributed by atoms with Crippen LogP contribution >= 0.6 is 15.9 Å². The molecule has 0 aliphatic carbocycles. The molecular weight excluding hydrogens is 262 g/mol. The van der Waals surface area contributed by atoms with Crippen LogP contribution in [-0.4, -0.2) is 27.9 Å². The van der Waals surface area contributed by atoms with Crippen LogP contribution in [0.2, 0.25) is 0 Å². The molecule has 4 nitrogen and oxygen atoms in total. The van der Waals surface area contributed by atoms with E-state index in [0.29, 0.717) is 0 Å². The number of carbonyl (C=O) groups is 2. The van der Waals surface area contributed by atoms with E-state index < -0.39 is 12.0 Å². The van der Waals surface area contributed by atoms with Crippen LogP contribution in [0.1, 0.15) is 27.7 Å². The Bertz CT molecular complexity index is 241. The molecule has 0 aromatic heterocycles. The van der Waals surface area contributed by atoms with Gasteiger partial charge in [-0.05, 0) is 11.8 Å². The van der Waals surface area contributed by atoms with Crippen LogP contribution in [0, 0.1) is 11.8 Å². The maximum Gasteiger partial charge on any atom is 0.326 e. The SMILES string of the molecule is CC(C)C(Br)C(=O)N[C@@H](C(=O)O)C(C)C. The van der Waals surface area contributed by atoms with Crippen LogP contribution in [0.25, 0.3) is 0 Å². The minimum atomic E-state index is -0.998. The lowest BCUT2D eigenvalue weighted by Crippen LogP contribution is -2.47. The third-order valence-electron chi connectivity index (χ3n) is 2.07. The van der Waals surface area contributed by atoms with Gasteiger partial charge in [0.15, 0.2) is 0 Å². The summed E-state index contributed by atoms with van der Waals surface area (Å²) < 4.78 is 0. The molecule has 1 amide bonds. The number of halogens is 1. The quantitative estimate of drug-likeness (QED) is 0.752. The van der Waals surface area contributed by atoms with Gasteiger partial charge in [0.1, 0.15) is 6.04 Å². The minimum absolute atomic E-state index is 0.127. The van der Waals surface area contributed by atoms with Gasteiger partial charge < -0.3 is 10.4 Å². The monoisotopic (exact) mass is 279 g/mol. The molecule has 0 aliphatic rings. The Labute approximate surface area is 98.6 Å². The highest BCUT2D eigenvalue weighted by Gasteiger charge is 2.27. The van der Waals surface area contributed by atoms with Gasteiger partial charge in [-0.1, -0.05) is 43.6 Å².